The first-order valence-corrected chi connectivity index (χ1v) is 10.4. The number of ether oxygens (including phenoxy) is 2. The van der Waals surface area contributed by atoms with Crippen molar-refractivity contribution in [1.82, 2.24) is 4.90 Å². The number of nitrogens with two attached hydrogens (primary N) is 1. The van der Waals surface area contributed by atoms with Crippen molar-refractivity contribution in [3.05, 3.63) is 35.4 Å². The number of likely N-dealkylation sites (tertiary alicyclic amines) is 1. The Kier molecular flexibility index (Phi) is 7.33. The highest BCUT2D eigenvalue weighted by molar-refractivity contribution is 5.74. The normalized spacial score (nSPS) is 18.4. The van der Waals surface area contributed by atoms with Crippen LogP contribution in [0.1, 0.15) is 59.1 Å². The Morgan fingerprint density at radius 2 is 1.72 bits per heavy atom. The summed E-state index contributed by atoms with van der Waals surface area (Å²) >= 11 is 0. The lowest BCUT2D eigenvalue weighted by atomic mass is 9.85. The molecular formula is C23H36N2O4. The van der Waals surface area contributed by atoms with Gasteiger partial charge in [0.25, 0.3) is 0 Å². The van der Waals surface area contributed by atoms with Gasteiger partial charge in [-0.3, -0.25) is 4.79 Å². The van der Waals surface area contributed by atoms with Gasteiger partial charge in [-0.05, 0) is 71.4 Å². The van der Waals surface area contributed by atoms with Crippen LogP contribution in [-0.4, -0.2) is 41.3 Å². The third-order valence-electron chi connectivity index (χ3n) is 4.84. The highest BCUT2D eigenvalue weighted by Crippen LogP contribution is 2.30. The van der Waals surface area contributed by atoms with E-state index in [9.17, 15) is 9.59 Å². The van der Waals surface area contributed by atoms with E-state index < -0.39 is 11.2 Å². The first-order chi connectivity index (χ1) is 13.4. The highest BCUT2D eigenvalue weighted by atomic mass is 16.6. The van der Waals surface area contributed by atoms with Gasteiger partial charge in [0, 0.05) is 19.6 Å². The first kappa shape index (κ1) is 23.2. The Hall–Kier alpha value is -2.08. The number of carbonyl (C=O) groups excluding carboxylic acids is 2. The van der Waals surface area contributed by atoms with E-state index in [1.165, 1.54) is 0 Å². The average Bonchev–Trinajstić information content (AvgIpc) is 3.06. The average molecular weight is 405 g/mol. The molecule has 1 saturated heterocycles. The summed E-state index contributed by atoms with van der Waals surface area (Å²) in [6.07, 6.45) is 0.989. The van der Waals surface area contributed by atoms with Gasteiger partial charge < -0.3 is 20.1 Å². The molecule has 2 atom stereocenters. The predicted molar refractivity (Wildman–Crippen MR) is 113 cm³/mol. The quantitative estimate of drug-likeness (QED) is 0.753. The van der Waals surface area contributed by atoms with Crippen molar-refractivity contribution in [1.29, 1.82) is 0 Å². The summed E-state index contributed by atoms with van der Waals surface area (Å²) in [6.45, 7) is 12.7. The number of rotatable bonds is 5. The van der Waals surface area contributed by atoms with Gasteiger partial charge in [0.2, 0.25) is 0 Å². The van der Waals surface area contributed by atoms with Crippen LogP contribution in [0.4, 0.5) is 4.79 Å². The van der Waals surface area contributed by atoms with E-state index in [1.807, 2.05) is 65.8 Å². The molecule has 6 heteroatoms. The maximum atomic E-state index is 13.0. The second-order valence-corrected chi connectivity index (χ2v) is 9.84. The number of carbonyl (C=O) groups is 2. The minimum atomic E-state index is -0.558. The monoisotopic (exact) mass is 404 g/mol. The van der Waals surface area contributed by atoms with E-state index in [0.29, 0.717) is 26.1 Å². The van der Waals surface area contributed by atoms with Crippen LogP contribution in [0.2, 0.25) is 0 Å². The molecule has 1 heterocycles. The van der Waals surface area contributed by atoms with Gasteiger partial charge in [0.05, 0.1) is 5.92 Å². The van der Waals surface area contributed by atoms with Gasteiger partial charge >= 0.3 is 12.1 Å². The Bertz CT molecular complexity index is 718. The largest absolute Gasteiger partial charge is 0.460 e. The SMILES string of the molecule is CC(C)(C)OC(=O)C(Cc1cccc(CN)c1)[C@H]1CCN(C(=O)OC(C)(C)C)C1. The molecule has 0 aromatic heterocycles. The minimum absolute atomic E-state index is 0.0268. The highest BCUT2D eigenvalue weighted by Gasteiger charge is 2.39. The summed E-state index contributed by atoms with van der Waals surface area (Å²) in [4.78, 5) is 27.2. The van der Waals surface area contributed by atoms with Crippen LogP contribution in [0.25, 0.3) is 0 Å². The summed E-state index contributed by atoms with van der Waals surface area (Å²) < 4.78 is 11.2. The molecule has 162 valence electrons. The lowest BCUT2D eigenvalue weighted by Gasteiger charge is -2.28. The number of hydrogen-bond donors (Lipinski definition) is 1. The van der Waals surface area contributed by atoms with E-state index in [-0.39, 0.29) is 23.9 Å². The summed E-state index contributed by atoms with van der Waals surface area (Å²) in [7, 11) is 0. The van der Waals surface area contributed by atoms with Crippen LogP contribution < -0.4 is 5.73 Å². The molecule has 1 fully saturated rings. The van der Waals surface area contributed by atoms with E-state index in [1.54, 1.807) is 4.90 Å². The lowest BCUT2D eigenvalue weighted by Crippen LogP contribution is -2.38. The van der Waals surface area contributed by atoms with Crippen molar-refractivity contribution in [2.45, 2.75) is 72.1 Å². The van der Waals surface area contributed by atoms with Crippen molar-refractivity contribution < 1.29 is 19.1 Å². The molecular weight excluding hydrogens is 368 g/mol. The number of hydrogen-bond acceptors (Lipinski definition) is 5. The predicted octanol–water partition coefficient (Wildman–Crippen LogP) is 3.90. The topological polar surface area (TPSA) is 81.9 Å². The van der Waals surface area contributed by atoms with Crippen molar-refractivity contribution in [2.75, 3.05) is 13.1 Å². The number of esters is 1. The van der Waals surface area contributed by atoms with Crippen LogP contribution in [0.15, 0.2) is 24.3 Å². The molecule has 0 bridgehead atoms. The van der Waals surface area contributed by atoms with E-state index in [4.69, 9.17) is 15.2 Å². The molecule has 0 radical (unpaired) electrons. The van der Waals surface area contributed by atoms with Crippen molar-refractivity contribution in [3.63, 3.8) is 0 Å². The second kappa shape index (κ2) is 9.16. The molecule has 1 aromatic carbocycles. The molecule has 1 aromatic rings. The standard InChI is InChI=1S/C23H36N2O4/c1-22(2,3)28-20(26)19(13-16-8-7-9-17(12-16)14-24)18-10-11-25(15-18)21(27)29-23(4,5)6/h7-9,12,18-19H,10-11,13-15,24H2,1-6H3/t18-,19?/m0/s1. The number of nitrogens with zero attached hydrogens (tertiary/aromatic N) is 1. The third kappa shape index (κ3) is 7.35. The van der Waals surface area contributed by atoms with Gasteiger partial charge in [-0.2, -0.15) is 0 Å². The summed E-state index contributed by atoms with van der Waals surface area (Å²) in [5, 5.41) is 0. The number of benzene rings is 1. The van der Waals surface area contributed by atoms with Gasteiger partial charge in [-0.25, -0.2) is 4.79 Å². The van der Waals surface area contributed by atoms with Crippen LogP contribution in [0, 0.1) is 11.8 Å². The summed E-state index contributed by atoms with van der Waals surface area (Å²) in [5.74, 6) is -0.514. The van der Waals surface area contributed by atoms with Crippen LogP contribution in [0.3, 0.4) is 0 Å². The summed E-state index contributed by atoms with van der Waals surface area (Å²) in [6, 6.07) is 7.99. The fraction of sp³-hybridized carbons (Fsp3) is 0.652. The molecule has 0 aliphatic carbocycles. The molecule has 1 aliphatic heterocycles. The molecule has 0 saturated carbocycles. The second-order valence-electron chi connectivity index (χ2n) is 9.84. The van der Waals surface area contributed by atoms with Crippen LogP contribution >= 0.6 is 0 Å². The van der Waals surface area contributed by atoms with Gasteiger partial charge in [0.15, 0.2) is 0 Å². The lowest BCUT2D eigenvalue weighted by molar-refractivity contribution is -0.161. The zero-order valence-corrected chi connectivity index (χ0v) is 18.7. The van der Waals surface area contributed by atoms with Gasteiger partial charge in [-0.1, -0.05) is 24.3 Å². The summed E-state index contributed by atoms with van der Waals surface area (Å²) in [5.41, 5.74) is 6.76. The van der Waals surface area contributed by atoms with E-state index >= 15 is 0 Å². The molecule has 0 spiro atoms. The fourth-order valence-electron chi connectivity index (χ4n) is 3.57. The molecule has 1 amide bonds. The zero-order chi connectivity index (χ0) is 21.8. The van der Waals surface area contributed by atoms with Crippen molar-refractivity contribution >= 4 is 12.1 Å². The Morgan fingerprint density at radius 3 is 2.31 bits per heavy atom. The van der Waals surface area contributed by atoms with Gasteiger partial charge in [0.1, 0.15) is 11.2 Å². The minimum Gasteiger partial charge on any atom is -0.460 e. The maximum absolute atomic E-state index is 13.0. The van der Waals surface area contributed by atoms with Crippen molar-refractivity contribution in [2.24, 2.45) is 17.6 Å². The maximum Gasteiger partial charge on any atom is 0.410 e. The van der Waals surface area contributed by atoms with Crippen LogP contribution in [-0.2, 0) is 27.2 Å². The molecule has 2 N–H and O–H groups in total. The van der Waals surface area contributed by atoms with Crippen molar-refractivity contribution in [3.8, 4) is 0 Å². The van der Waals surface area contributed by atoms with Gasteiger partial charge in [-0.15, -0.1) is 0 Å². The molecule has 1 aliphatic rings. The Labute approximate surface area is 174 Å². The molecule has 2 rings (SSSR count). The smallest absolute Gasteiger partial charge is 0.410 e. The van der Waals surface area contributed by atoms with E-state index in [2.05, 4.69) is 0 Å². The molecule has 29 heavy (non-hydrogen) atoms. The first-order valence-electron chi connectivity index (χ1n) is 10.4. The Balaban J connectivity index is 2.17. The molecule has 6 nitrogen and oxygen atoms in total. The zero-order valence-electron chi connectivity index (χ0n) is 18.7. The number of amides is 1. The van der Waals surface area contributed by atoms with Crippen LogP contribution in [0.5, 0.6) is 0 Å². The van der Waals surface area contributed by atoms with E-state index in [0.717, 1.165) is 17.5 Å². The third-order valence-corrected chi connectivity index (χ3v) is 4.84. The molecule has 1 unspecified atom stereocenters. The fourth-order valence-corrected chi connectivity index (χ4v) is 3.57. The Morgan fingerprint density at radius 1 is 1.10 bits per heavy atom.